The van der Waals surface area contributed by atoms with Gasteiger partial charge in [-0.25, -0.2) is 4.79 Å². The number of Topliss-reactive ketones (excluding diaryl/α,β-unsaturated/α-hetero) is 1. The van der Waals surface area contributed by atoms with Crippen LogP contribution in [0.2, 0.25) is 0 Å². The first-order valence-corrected chi connectivity index (χ1v) is 12.3. The molecule has 0 unspecified atom stereocenters. The van der Waals surface area contributed by atoms with Crippen molar-refractivity contribution in [1.82, 2.24) is 20.9 Å². The number of nitrogens with one attached hydrogen (secondary N) is 3. The summed E-state index contributed by atoms with van der Waals surface area (Å²) in [6.45, 7) is 1.96. The van der Waals surface area contributed by atoms with Gasteiger partial charge in [-0.05, 0) is 50.9 Å². The number of ketones is 1. The molecule has 0 aromatic heterocycles. The molecule has 0 spiro atoms. The van der Waals surface area contributed by atoms with Crippen LogP contribution in [0.4, 0.5) is 4.79 Å². The maximum absolute atomic E-state index is 13.3. The van der Waals surface area contributed by atoms with E-state index >= 15 is 0 Å². The lowest BCUT2D eigenvalue weighted by Crippen LogP contribution is -2.66. The fourth-order valence-corrected chi connectivity index (χ4v) is 5.10. The molecular weight excluding hydrogens is 412 g/mol. The van der Waals surface area contributed by atoms with Gasteiger partial charge in [-0.1, -0.05) is 25.7 Å². The van der Waals surface area contributed by atoms with E-state index in [-0.39, 0.29) is 18.0 Å². The molecule has 1 atom stereocenters. The molecule has 3 aliphatic carbocycles. The van der Waals surface area contributed by atoms with Crippen molar-refractivity contribution in [3.05, 3.63) is 0 Å². The predicted octanol–water partition coefficient (Wildman–Crippen LogP) is 1.25. The number of hydrogen-bond acceptors (Lipinski definition) is 5. The molecule has 4 rings (SSSR count). The highest BCUT2D eigenvalue weighted by molar-refractivity contribution is 6.40. The van der Waals surface area contributed by atoms with Crippen LogP contribution in [0.15, 0.2) is 0 Å². The summed E-state index contributed by atoms with van der Waals surface area (Å²) in [4.78, 5) is 53.2. The Kier molecular flexibility index (Phi) is 7.33. The predicted molar refractivity (Wildman–Crippen MR) is 117 cm³/mol. The SMILES string of the molecule is O=C(NC1CCC1)C(=O)C1(NC(=O)[C@H](CC2CCCC2)NC(=O)N2CCOCC2)CCC1. The van der Waals surface area contributed by atoms with Crippen molar-refractivity contribution in [2.24, 2.45) is 5.92 Å². The number of amides is 4. The van der Waals surface area contributed by atoms with E-state index in [1.54, 1.807) is 4.90 Å². The molecule has 32 heavy (non-hydrogen) atoms. The van der Waals surface area contributed by atoms with E-state index in [0.717, 1.165) is 51.4 Å². The van der Waals surface area contributed by atoms with Gasteiger partial charge in [0.1, 0.15) is 11.6 Å². The first-order chi connectivity index (χ1) is 15.5. The number of ether oxygens (including phenoxy) is 1. The molecule has 4 amide bonds. The van der Waals surface area contributed by atoms with Crippen LogP contribution in [0.5, 0.6) is 0 Å². The molecule has 3 saturated carbocycles. The van der Waals surface area contributed by atoms with Crippen LogP contribution in [0.1, 0.15) is 70.6 Å². The molecule has 0 aromatic carbocycles. The summed E-state index contributed by atoms with van der Waals surface area (Å²) < 4.78 is 5.31. The van der Waals surface area contributed by atoms with Gasteiger partial charge in [0.05, 0.1) is 13.2 Å². The number of nitrogens with zero attached hydrogens (tertiary/aromatic N) is 1. The van der Waals surface area contributed by atoms with Gasteiger partial charge in [0.2, 0.25) is 11.7 Å². The minimum Gasteiger partial charge on any atom is -0.378 e. The summed E-state index contributed by atoms with van der Waals surface area (Å²) in [5, 5.41) is 8.60. The Balaban J connectivity index is 1.40. The second kappa shape index (κ2) is 10.2. The number of urea groups is 1. The highest BCUT2D eigenvalue weighted by Gasteiger charge is 2.49. The zero-order valence-electron chi connectivity index (χ0n) is 18.8. The lowest BCUT2D eigenvalue weighted by molar-refractivity contribution is -0.146. The highest BCUT2D eigenvalue weighted by atomic mass is 16.5. The van der Waals surface area contributed by atoms with E-state index in [0.29, 0.717) is 51.5 Å². The Morgan fingerprint density at radius 3 is 2.19 bits per heavy atom. The molecule has 0 bridgehead atoms. The third-order valence-corrected chi connectivity index (χ3v) is 7.61. The van der Waals surface area contributed by atoms with Crippen molar-refractivity contribution in [3.63, 3.8) is 0 Å². The highest BCUT2D eigenvalue weighted by Crippen LogP contribution is 2.34. The maximum atomic E-state index is 13.3. The van der Waals surface area contributed by atoms with Gasteiger partial charge in [-0.15, -0.1) is 0 Å². The van der Waals surface area contributed by atoms with E-state index in [4.69, 9.17) is 4.74 Å². The quantitative estimate of drug-likeness (QED) is 0.483. The van der Waals surface area contributed by atoms with Crippen LogP contribution in [-0.2, 0) is 19.1 Å². The lowest BCUT2D eigenvalue weighted by atomic mass is 9.72. The van der Waals surface area contributed by atoms with Crippen LogP contribution >= 0.6 is 0 Å². The third-order valence-electron chi connectivity index (χ3n) is 7.61. The van der Waals surface area contributed by atoms with E-state index < -0.39 is 23.3 Å². The summed E-state index contributed by atoms with van der Waals surface area (Å²) in [5.74, 6) is -1.13. The van der Waals surface area contributed by atoms with E-state index in [2.05, 4.69) is 16.0 Å². The number of carbonyl (C=O) groups is 4. The van der Waals surface area contributed by atoms with Gasteiger partial charge in [-0.3, -0.25) is 14.4 Å². The minimum absolute atomic E-state index is 0.0715. The van der Waals surface area contributed by atoms with Crippen LogP contribution in [0.25, 0.3) is 0 Å². The van der Waals surface area contributed by atoms with Crippen LogP contribution in [0.3, 0.4) is 0 Å². The molecule has 9 heteroatoms. The molecule has 1 aliphatic heterocycles. The molecule has 0 radical (unpaired) electrons. The molecule has 178 valence electrons. The molecule has 1 heterocycles. The summed E-state index contributed by atoms with van der Waals surface area (Å²) in [5.41, 5.74) is -1.14. The van der Waals surface area contributed by atoms with E-state index in [1.807, 2.05) is 0 Å². The topological polar surface area (TPSA) is 117 Å². The standard InChI is InChI=1S/C23H36N4O5/c28-19(21(30)24-17-7-3-8-17)23(9-4-10-23)26-20(29)18(15-16-5-1-2-6-16)25-22(31)27-11-13-32-14-12-27/h16-18H,1-15H2,(H,24,30)(H,25,31)(H,26,29)/t18-/m0/s1. The summed E-state index contributed by atoms with van der Waals surface area (Å²) in [7, 11) is 0. The second-order valence-electron chi connectivity index (χ2n) is 9.84. The molecule has 9 nitrogen and oxygen atoms in total. The first kappa shape index (κ1) is 23.0. The minimum atomic E-state index is -1.14. The fraction of sp³-hybridized carbons (Fsp3) is 0.826. The Morgan fingerprint density at radius 1 is 0.938 bits per heavy atom. The zero-order valence-corrected chi connectivity index (χ0v) is 18.8. The average molecular weight is 449 g/mol. The normalized spacial score (nSPS) is 24.1. The van der Waals surface area contributed by atoms with Crippen LogP contribution in [0, 0.1) is 5.92 Å². The number of morpholine rings is 1. The maximum Gasteiger partial charge on any atom is 0.318 e. The lowest BCUT2D eigenvalue weighted by Gasteiger charge is -2.42. The molecule has 0 aromatic rings. The van der Waals surface area contributed by atoms with E-state index in [1.165, 1.54) is 0 Å². The Morgan fingerprint density at radius 2 is 1.62 bits per heavy atom. The van der Waals surface area contributed by atoms with Gasteiger partial charge in [-0.2, -0.15) is 0 Å². The summed E-state index contributed by atoms with van der Waals surface area (Å²) in [6, 6.07) is -0.918. The van der Waals surface area contributed by atoms with E-state index in [9.17, 15) is 19.2 Å². The first-order valence-electron chi connectivity index (χ1n) is 12.3. The summed E-state index contributed by atoms with van der Waals surface area (Å²) >= 11 is 0. The van der Waals surface area contributed by atoms with Crippen molar-refractivity contribution in [2.45, 2.75) is 88.3 Å². The van der Waals surface area contributed by atoms with Gasteiger partial charge in [0.25, 0.3) is 5.91 Å². The Bertz CT molecular complexity index is 722. The molecule has 1 saturated heterocycles. The molecule has 3 N–H and O–H groups in total. The number of hydrogen-bond donors (Lipinski definition) is 3. The number of carbonyl (C=O) groups excluding carboxylic acids is 4. The van der Waals surface area contributed by atoms with Crippen molar-refractivity contribution in [2.75, 3.05) is 26.3 Å². The largest absolute Gasteiger partial charge is 0.378 e. The van der Waals surface area contributed by atoms with Gasteiger partial charge in [0, 0.05) is 19.1 Å². The van der Waals surface area contributed by atoms with Crippen molar-refractivity contribution >= 4 is 23.6 Å². The Labute approximate surface area is 189 Å². The average Bonchev–Trinajstić information content (AvgIpc) is 3.25. The molecular formula is C23H36N4O5. The molecule has 4 aliphatic rings. The monoisotopic (exact) mass is 448 g/mol. The van der Waals surface area contributed by atoms with Crippen LogP contribution in [-0.4, -0.2) is 72.5 Å². The fourth-order valence-electron chi connectivity index (χ4n) is 5.10. The van der Waals surface area contributed by atoms with Crippen molar-refractivity contribution in [3.8, 4) is 0 Å². The summed E-state index contributed by atoms with van der Waals surface area (Å²) in [6.07, 6.45) is 9.50. The van der Waals surface area contributed by atoms with Gasteiger partial charge in [0.15, 0.2) is 0 Å². The van der Waals surface area contributed by atoms with Gasteiger partial charge >= 0.3 is 6.03 Å². The Hall–Kier alpha value is -2.16. The zero-order chi connectivity index (χ0) is 22.6. The van der Waals surface area contributed by atoms with Crippen molar-refractivity contribution < 1.29 is 23.9 Å². The number of rotatable bonds is 8. The van der Waals surface area contributed by atoms with Crippen LogP contribution < -0.4 is 16.0 Å². The third kappa shape index (κ3) is 5.24. The van der Waals surface area contributed by atoms with Crippen molar-refractivity contribution in [1.29, 1.82) is 0 Å². The molecule has 4 fully saturated rings. The van der Waals surface area contributed by atoms with Gasteiger partial charge < -0.3 is 25.6 Å². The smallest absolute Gasteiger partial charge is 0.318 e. The second-order valence-corrected chi connectivity index (χ2v) is 9.84.